The lowest BCUT2D eigenvalue weighted by Crippen LogP contribution is -1.97. The van der Waals surface area contributed by atoms with Gasteiger partial charge in [-0.3, -0.25) is 0 Å². The van der Waals surface area contributed by atoms with Gasteiger partial charge in [0.05, 0.1) is 0 Å². The van der Waals surface area contributed by atoms with Crippen molar-refractivity contribution in [2.75, 3.05) is 0 Å². The Morgan fingerprint density at radius 3 is 2.50 bits per heavy atom. The molecule has 0 bridgehead atoms. The molecule has 2 rings (SSSR count). The van der Waals surface area contributed by atoms with Crippen LogP contribution < -0.4 is 5.63 Å². The molecule has 0 aliphatic rings. The summed E-state index contributed by atoms with van der Waals surface area (Å²) in [6.07, 6.45) is 0. The van der Waals surface area contributed by atoms with Crippen LogP contribution in [0.4, 0.5) is 0 Å². The summed E-state index contributed by atoms with van der Waals surface area (Å²) in [5.41, 5.74) is 3.78. The van der Waals surface area contributed by atoms with Crippen LogP contribution in [-0.4, -0.2) is 0 Å². The lowest BCUT2D eigenvalue weighted by atomic mass is 10.0. The SMILES string of the molecule is Cc1cc(C)c2ccc(=O)oc2c1C. The van der Waals surface area contributed by atoms with E-state index in [9.17, 15) is 4.79 Å². The molecule has 14 heavy (non-hydrogen) atoms. The molecular weight excluding hydrogens is 176 g/mol. The summed E-state index contributed by atoms with van der Waals surface area (Å²) in [6, 6.07) is 5.39. The highest BCUT2D eigenvalue weighted by molar-refractivity contribution is 5.83. The molecule has 0 aliphatic carbocycles. The molecule has 0 aliphatic heterocycles. The number of benzene rings is 1. The van der Waals surface area contributed by atoms with Gasteiger partial charge in [0.15, 0.2) is 0 Å². The van der Waals surface area contributed by atoms with Crippen LogP contribution in [0.25, 0.3) is 11.0 Å². The molecule has 2 nitrogen and oxygen atoms in total. The lowest BCUT2D eigenvalue weighted by molar-refractivity contribution is 0.558. The van der Waals surface area contributed by atoms with Gasteiger partial charge in [0.1, 0.15) is 5.58 Å². The molecule has 0 fully saturated rings. The zero-order valence-corrected chi connectivity index (χ0v) is 8.55. The van der Waals surface area contributed by atoms with Gasteiger partial charge in [-0.2, -0.15) is 0 Å². The van der Waals surface area contributed by atoms with E-state index in [4.69, 9.17) is 4.42 Å². The van der Waals surface area contributed by atoms with E-state index in [-0.39, 0.29) is 5.63 Å². The van der Waals surface area contributed by atoms with Crippen molar-refractivity contribution in [3.8, 4) is 0 Å². The maximum absolute atomic E-state index is 11.1. The molecule has 0 radical (unpaired) electrons. The Hall–Kier alpha value is -1.57. The zero-order chi connectivity index (χ0) is 10.3. The minimum atomic E-state index is -0.286. The quantitative estimate of drug-likeness (QED) is 0.595. The first-order valence-electron chi connectivity index (χ1n) is 4.60. The van der Waals surface area contributed by atoms with Crippen LogP contribution in [-0.2, 0) is 0 Å². The van der Waals surface area contributed by atoms with E-state index < -0.39 is 0 Å². The first-order chi connectivity index (χ1) is 6.59. The van der Waals surface area contributed by atoms with E-state index in [0.29, 0.717) is 0 Å². The van der Waals surface area contributed by atoms with Crippen LogP contribution >= 0.6 is 0 Å². The summed E-state index contributed by atoms with van der Waals surface area (Å²) in [7, 11) is 0. The fourth-order valence-electron chi connectivity index (χ4n) is 1.70. The molecule has 72 valence electrons. The van der Waals surface area contributed by atoms with Crippen LogP contribution in [0.5, 0.6) is 0 Å². The Morgan fingerprint density at radius 1 is 1.07 bits per heavy atom. The molecule has 0 spiro atoms. The molecular formula is C12H12O2. The van der Waals surface area contributed by atoms with Crippen LogP contribution in [0.2, 0.25) is 0 Å². The van der Waals surface area contributed by atoms with Crippen LogP contribution in [0, 0.1) is 20.8 Å². The zero-order valence-electron chi connectivity index (χ0n) is 8.55. The van der Waals surface area contributed by atoms with E-state index in [0.717, 1.165) is 27.7 Å². The number of hydrogen-bond acceptors (Lipinski definition) is 2. The maximum Gasteiger partial charge on any atom is 0.336 e. The Balaban J connectivity index is 3.02. The average molecular weight is 188 g/mol. The molecule has 2 heteroatoms. The third kappa shape index (κ3) is 1.23. The summed E-state index contributed by atoms with van der Waals surface area (Å²) in [4.78, 5) is 11.1. The van der Waals surface area contributed by atoms with Gasteiger partial charge in [0, 0.05) is 11.5 Å². The van der Waals surface area contributed by atoms with Crippen molar-refractivity contribution in [1.29, 1.82) is 0 Å². The van der Waals surface area contributed by atoms with E-state index in [1.54, 1.807) is 0 Å². The van der Waals surface area contributed by atoms with Gasteiger partial charge < -0.3 is 4.42 Å². The second-order valence-corrected chi connectivity index (χ2v) is 3.63. The van der Waals surface area contributed by atoms with Crippen molar-refractivity contribution in [2.24, 2.45) is 0 Å². The summed E-state index contributed by atoms with van der Waals surface area (Å²) < 4.78 is 5.20. The highest BCUT2D eigenvalue weighted by Gasteiger charge is 2.06. The molecule has 0 saturated carbocycles. The van der Waals surface area contributed by atoms with Crippen molar-refractivity contribution in [3.05, 3.63) is 45.3 Å². The minimum Gasteiger partial charge on any atom is -0.422 e. The first-order valence-corrected chi connectivity index (χ1v) is 4.60. The van der Waals surface area contributed by atoms with Crippen LogP contribution in [0.3, 0.4) is 0 Å². The molecule has 0 amide bonds. The van der Waals surface area contributed by atoms with Crippen molar-refractivity contribution >= 4 is 11.0 Å². The Kier molecular flexibility index (Phi) is 1.92. The third-order valence-corrected chi connectivity index (χ3v) is 2.62. The predicted octanol–water partition coefficient (Wildman–Crippen LogP) is 2.72. The second kappa shape index (κ2) is 2.98. The number of hydrogen-bond donors (Lipinski definition) is 0. The molecule has 0 saturated heterocycles. The minimum absolute atomic E-state index is 0.286. The Morgan fingerprint density at radius 2 is 1.79 bits per heavy atom. The molecule has 0 N–H and O–H groups in total. The van der Waals surface area contributed by atoms with Gasteiger partial charge in [-0.25, -0.2) is 4.79 Å². The van der Waals surface area contributed by atoms with E-state index in [1.807, 2.05) is 26.8 Å². The van der Waals surface area contributed by atoms with E-state index in [1.165, 1.54) is 6.07 Å². The summed E-state index contributed by atoms with van der Waals surface area (Å²) in [5, 5.41) is 1.02. The topological polar surface area (TPSA) is 30.2 Å². The van der Waals surface area contributed by atoms with Crippen molar-refractivity contribution in [2.45, 2.75) is 20.8 Å². The lowest BCUT2D eigenvalue weighted by Gasteiger charge is -2.06. The Bertz CT molecular complexity index is 550. The Labute approximate surface area is 82.2 Å². The first kappa shape index (κ1) is 9.00. The largest absolute Gasteiger partial charge is 0.422 e. The summed E-state index contributed by atoms with van der Waals surface area (Å²) >= 11 is 0. The normalized spacial score (nSPS) is 10.8. The number of aryl methyl sites for hydroxylation is 3. The van der Waals surface area contributed by atoms with Gasteiger partial charge >= 0.3 is 5.63 Å². The fourth-order valence-corrected chi connectivity index (χ4v) is 1.70. The van der Waals surface area contributed by atoms with Crippen LogP contribution in [0.1, 0.15) is 16.7 Å². The van der Waals surface area contributed by atoms with Gasteiger partial charge in [-0.1, -0.05) is 6.07 Å². The number of fused-ring (bicyclic) bond motifs is 1. The van der Waals surface area contributed by atoms with Gasteiger partial charge in [-0.05, 0) is 43.5 Å². The predicted molar refractivity (Wildman–Crippen MR) is 56.7 cm³/mol. The monoisotopic (exact) mass is 188 g/mol. The fraction of sp³-hybridized carbons (Fsp3) is 0.250. The smallest absolute Gasteiger partial charge is 0.336 e. The molecule has 2 aromatic rings. The van der Waals surface area contributed by atoms with Gasteiger partial charge in [0.2, 0.25) is 0 Å². The van der Waals surface area contributed by atoms with Crippen LogP contribution in [0.15, 0.2) is 27.4 Å². The van der Waals surface area contributed by atoms with Crippen molar-refractivity contribution < 1.29 is 4.42 Å². The molecule has 1 aromatic carbocycles. The number of rotatable bonds is 0. The molecule has 0 atom stereocenters. The molecule has 0 unspecified atom stereocenters. The van der Waals surface area contributed by atoms with Gasteiger partial charge in [0.25, 0.3) is 0 Å². The van der Waals surface area contributed by atoms with E-state index >= 15 is 0 Å². The van der Waals surface area contributed by atoms with Crippen molar-refractivity contribution in [3.63, 3.8) is 0 Å². The maximum atomic E-state index is 11.1. The van der Waals surface area contributed by atoms with Crippen molar-refractivity contribution in [1.82, 2.24) is 0 Å². The summed E-state index contributed by atoms with van der Waals surface area (Å²) in [5.74, 6) is 0. The second-order valence-electron chi connectivity index (χ2n) is 3.63. The molecule has 1 heterocycles. The average Bonchev–Trinajstić information content (AvgIpc) is 2.14. The van der Waals surface area contributed by atoms with Gasteiger partial charge in [-0.15, -0.1) is 0 Å². The highest BCUT2D eigenvalue weighted by atomic mass is 16.4. The third-order valence-electron chi connectivity index (χ3n) is 2.62. The standard InChI is InChI=1S/C12H12O2/c1-7-6-8(2)10-4-5-11(13)14-12(10)9(7)3/h4-6H,1-3H3. The summed E-state index contributed by atoms with van der Waals surface area (Å²) in [6.45, 7) is 6.02. The highest BCUT2D eigenvalue weighted by Crippen LogP contribution is 2.23. The molecule has 1 aromatic heterocycles. The van der Waals surface area contributed by atoms with E-state index in [2.05, 4.69) is 6.07 Å².